The molecule has 0 bridgehead atoms. The maximum atomic E-state index is 12.6. The van der Waals surface area contributed by atoms with Crippen molar-refractivity contribution in [3.05, 3.63) is 53.6 Å². The Morgan fingerprint density at radius 2 is 1.85 bits per heavy atom. The average Bonchev–Trinajstić information content (AvgIpc) is 2.70. The van der Waals surface area contributed by atoms with E-state index in [2.05, 4.69) is 40.2 Å². The van der Waals surface area contributed by atoms with Crippen LogP contribution in [0.5, 0.6) is 5.75 Å². The molecule has 2 aromatic carbocycles. The number of para-hydroxylation sites is 1. The van der Waals surface area contributed by atoms with Crippen molar-refractivity contribution in [3.63, 3.8) is 0 Å². The van der Waals surface area contributed by atoms with Crippen molar-refractivity contribution in [1.82, 2.24) is 4.90 Å². The minimum atomic E-state index is 0.0637. The van der Waals surface area contributed by atoms with Crippen LogP contribution in [0.3, 0.4) is 0 Å². The Labute approximate surface area is 161 Å². The van der Waals surface area contributed by atoms with Crippen molar-refractivity contribution < 1.29 is 9.53 Å². The van der Waals surface area contributed by atoms with Gasteiger partial charge in [-0.05, 0) is 36.6 Å². The van der Waals surface area contributed by atoms with Gasteiger partial charge < -0.3 is 15.0 Å². The van der Waals surface area contributed by atoms with Gasteiger partial charge in [-0.2, -0.15) is 0 Å². The molecule has 1 N–H and O–H groups in total. The third-order valence-electron chi connectivity index (χ3n) is 5.16. The number of hydrogen-bond acceptors (Lipinski definition) is 4. The van der Waals surface area contributed by atoms with Crippen molar-refractivity contribution in [2.75, 3.05) is 50.1 Å². The standard InChI is InChI=1S/C22H29N3O2/c1-4-18-8-5-7-17(2)22(18)23-21(26)16-24-11-13-25(14-12-24)19-9-6-10-20(15-19)27-3/h5-10,15H,4,11-14,16H2,1-3H3,(H,23,26). The molecule has 1 saturated heterocycles. The van der Waals surface area contributed by atoms with Crippen LogP contribution in [-0.4, -0.2) is 50.6 Å². The number of benzene rings is 2. The first-order chi connectivity index (χ1) is 13.1. The molecule has 5 nitrogen and oxygen atoms in total. The van der Waals surface area contributed by atoms with Crippen LogP contribution in [0.15, 0.2) is 42.5 Å². The monoisotopic (exact) mass is 367 g/mol. The molecule has 0 aromatic heterocycles. The van der Waals surface area contributed by atoms with Crippen LogP contribution in [0.25, 0.3) is 0 Å². The zero-order valence-electron chi connectivity index (χ0n) is 16.5. The number of methoxy groups -OCH3 is 1. The number of rotatable bonds is 6. The van der Waals surface area contributed by atoms with Crippen molar-refractivity contribution in [2.45, 2.75) is 20.3 Å². The van der Waals surface area contributed by atoms with Crippen LogP contribution in [-0.2, 0) is 11.2 Å². The van der Waals surface area contributed by atoms with E-state index in [9.17, 15) is 4.79 Å². The first-order valence-electron chi connectivity index (χ1n) is 9.60. The number of aryl methyl sites for hydroxylation is 2. The highest BCUT2D eigenvalue weighted by Crippen LogP contribution is 2.23. The van der Waals surface area contributed by atoms with Gasteiger partial charge in [0.1, 0.15) is 5.75 Å². The molecule has 1 aliphatic heterocycles. The number of nitrogens with zero attached hydrogens (tertiary/aromatic N) is 2. The van der Waals surface area contributed by atoms with Crippen molar-refractivity contribution in [2.24, 2.45) is 0 Å². The van der Waals surface area contributed by atoms with Gasteiger partial charge in [-0.1, -0.05) is 31.2 Å². The molecule has 5 heteroatoms. The fourth-order valence-corrected chi connectivity index (χ4v) is 3.56. The van der Waals surface area contributed by atoms with E-state index in [4.69, 9.17) is 4.74 Å². The van der Waals surface area contributed by atoms with Crippen LogP contribution in [0.2, 0.25) is 0 Å². The van der Waals surface area contributed by atoms with Crippen LogP contribution < -0.4 is 15.0 Å². The van der Waals surface area contributed by atoms with Crippen molar-refractivity contribution in [3.8, 4) is 5.75 Å². The van der Waals surface area contributed by atoms with E-state index in [1.165, 1.54) is 11.3 Å². The summed E-state index contributed by atoms with van der Waals surface area (Å²) in [6, 6.07) is 14.3. The summed E-state index contributed by atoms with van der Waals surface area (Å²) in [6.45, 7) is 8.15. The molecule has 3 rings (SSSR count). The quantitative estimate of drug-likeness (QED) is 0.851. The summed E-state index contributed by atoms with van der Waals surface area (Å²) in [7, 11) is 1.69. The molecule has 0 radical (unpaired) electrons. The first kappa shape index (κ1) is 19.2. The molecular formula is C22H29N3O2. The average molecular weight is 367 g/mol. The number of carbonyl (C=O) groups excluding carboxylic acids is 1. The third kappa shape index (κ3) is 4.80. The predicted octanol–water partition coefficient (Wildman–Crippen LogP) is 3.33. The molecule has 0 spiro atoms. The van der Waals surface area contributed by atoms with Gasteiger partial charge in [0.2, 0.25) is 5.91 Å². The molecule has 1 fully saturated rings. The van der Waals surface area contributed by atoms with Gasteiger partial charge in [-0.25, -0.2) is 0 Å². The summed E-state index contributed by atoms with van der Waals surface area (Å²) in [5.74, 6) is 0.938. The van der Waals surface area contributed by atoms with Gasteiger partial charge in [0, 0.05) is 43.6 Å². The van der Waals surface area contributed by atoms with E-state index in [0.29, 0.717) is 6.54 Å². The maximum Gasteiger partial charge on any atom is 0.238 e. The lowest BCUT2D eigenvalue weighted by Crippen LogP contribution is -2.48. The van der Waals surface area contributed by atoms with E-state index < -0.39 is 0 Å². The van der Waals surface area contributed by atoms with E-state index in [1.54, 1.807) is 7.11 Å². The molecule has 0 unspecified atom stereocenters. The molecule has 1 heterocycles. The molecule has 0 aliphatic carbocycles. The van der Waals surface area contributed by atoms with Crippen LogP contribution in [0.4, 0.5) is 11.4 Å². The summed E-state index contributed by atoms with van der Waals surface area (Å²) in [5, 5.41) is 3.12. The molecule has 2 aromatic rings. The predicted molar refractivity (Wildman–Crippen MR) is 111 cm³/mol. The maximum absolute atomic E-state index is 12.6. The second-order valence-corrected chi connectivity index (χ2v) is 6.98. The molecule has 1 aliphatic rings. The third-order valence-corrected chi connectivity index (χ3v) is 5.16. The molecule has 27 heavy (non-hydrogen) atoms. The normalized spacial score (nSPS) is 14.9. The highest BCUT2D eigenvalue weighted by atomic mass is 16.5. The van der Waals surface area contributed by atoms with Crippen molar-refractivity contribution >= 4 is 17.3 Å². The lowest BCUT2D eigenvalue weighted by atomic mass is 10.1. The van der Waals surface area contributed by atoms with Crippen LogP contribution >= 0.6 is 0 Å². The van der Waals surface area contributed by atoms with Gasteiger partial charge in [-0.15, -0.1) is 0 Å². The largest absolute Gasteiger partial charge is 0.497 e. The number of piperazine rings is 1. The summed E-state index contributed by atoms with van der Waals surface area (Å²) in [6.07, 6.45) is 0.913. The van der Waals surface area contributed by atoms with Gasteiger partial charge >= 0.3 is 0 Å². The Morgan fingerprint density at radius 1 is 1.11 bits per heavy atom. The number of nitrogens with one attached hydrogen (secondary N) is 1. The summed E-state index contributed by atoms with van der Waals surface area (Å²) >= 11 is 0. The number of hydrogen-bond donors (Lipinski definition) is 1. The zero-order chi connectivity index (χ0) is 19.2. The molecule has 0 atom stereocenters. The van der Waals surface area contributed by atoms with Crippen LogP contribution in [0.1, 0.15) is 18.1 Å². The molecule has 144 valence electrons. The van der Waals surface area contributed by atoms with E-state index >= 15 is 0 Å². The second-order valence-electron chi connectivity index (χ2n) is 6.98. The van der Waals surface area contributed by atoms with Gasteiger partial charge in [0.25, 0.3) is 0 Å². The molecular weight excluding hydrogens is 338 g/mol. The van der Waals surface area contributed by atoms with E-state index in [0.717, 1.165) is 49.6 Å². The minimum Gasteiger partial charge on any atom is -0.497 e. The zero-order valence-corrected chi connectivity index (χ0v) is 16.5. The Bertz CT molecular complexity index is 783. The van der Waals surface area contributed by atoms with E-state index in [-0.39, 0.29) is 5.91 Å². The summed E-state index contributed by atoms with van der Waals surface area (Å²) < 4.78 is 5.31. The van der Waals surface area contributed by atoms with Gasteiger partial charge in [-0.3, -0.25) is 9.69 Å². The second kappa shape index (κ2) is 8.91. The number of carbonyl (C=O) groups is 1. The van der Waals surface area contributed by atoms with Gasteiger partial charge in [0.05, 0.1) is 13.7 Å². The molecule has 0 saturated carbocycles. The summed E-state index contributed by atoms with van der Waals surface area (Å²) in [5.41, 5.74) is 4.45. The highest BCUT2D eigenvalue weighted by Gasteiger charge is 2.20. The lowest BCUT2D eigenvalue weighted by molar-refractivity contribution is -0.117. The first-order valence-corrected chi connectivity index (χ1v) is 9.60. The minimum absolute atomic E-state index is 0.0637. The number of amides is 1. The molecule has 1 amide bonds. The SMILES string of the molecule is CCc1cccc(C)c1NC(=O)CN1CCN(c2cccc(OC)c2)CC1. The lowest BCUT2D eigenvalue weighted by Gasteiger charge is -2.35. The van der Waals surface area contributed by atoms with Crippen molar-refractivity contribution in [1.29, 1.82) is 0 Å². The van der Waals surface area contributed by atoms with E-state index in [1.807, 2.05) is 31.2 Å². The Morgan fingerprint density at radius 3 is 2.56 bits per heavy atom. The number of anilines is 2. The fraction of sp³-hybridized carbons (Fsp3) is 0.409. The smallest absolute Gasteiger partial charge is 0.238 e. The number of ether oxygens (including phenoxy) is 1. The van der Waals surface area contributed by atoms with Crippen LogP contribution in [0, 0.1) is 6.92 Å². The summed E-state index contributed by atoms with van der Waals surface area (Å²) in [4.78, 5) is 17.1. The Hall–Kier alpha value is -2.53. The topological polar surface area (TPSA) is 44.8 Å². The highest BCUT2D eigenvalue weighted by molar-refractivity contribution is 5.93. The fourth-order valence-electron chi connectivity index (χ4n) is 3.56. The Balaban J connectivity index is 1.54. The Kier molecular flexibility index (Phi) is 6.35. The van der Waals surface area contributed by atoms with Gasteiger partial charge in [0.15, 0.2) is 0 Å².